The number of aromatic nitrogens is 2. The third-order valence-corrected chi connectivity index (χ3v) is 4.55. The maximum Gasteiger partial charge on any atom is 0.106 e. The van der Waals surface area contributed by atoms with Crippen LogP contribution in [0, 0.1) is 13.8 Å². The van der Waals surface area contributed by atoms with Crippen molar-refractivity contribution in [2.24, 2.45) is 0 Å². The van der Waals surface area contributed by atoms with Crippen LogP contribution in [0.5, 0.6) is 0 Å². The number of halogens is 4. The summed E-state index contributed by atoms with van der Waals surface area (Å²) in [6.45, 7) is 4.05. The van der Waals surface area contributed by atoms with Crippen LogP contribution >= 0.6 is 63.7 Å². The average Bonchev–Trinajstić information content (AvgIpc) is 2.30. The van der Waals surface area contributed by atoms with E-state index in [0.717, 1.165) is 18.2 Å². The molecule has 0 saturated heterocycles. The van der Waals surface area contributed by atoms with Gasteiger partial charge in [0.2, 0.25) is 0 Å². The van der Waals surface area contributed by atoms with E-state index in [9.17, 15) is 0 Å². The predicted molar refractivity (Wildman–Crippen MR) is 88.7 cm³/mol. The Morgan fingerprint density at radius 2 is 1.06 bits per heavy atom. The summed E-state index contributed by atoms with van der Waals surface area (Å²) in [5.41, 5.74) is 2.38. The van der Waals surface area contributed by atoms with Crippen LogP contribution in [0.15, 0.2) is 42.7 Å². The lowest BCUT2D eigenvalue weighted by atomic mass is 10.3. The number of nitrogens with zero attached hydrogens (tertiary/aromatic N) is 2. The molecular formula is C12H10Br4N2. The van der Waals surface area contributed by atoms with E-state index in [1.54, 1.807) is 12.4 Å². The van der Waals surface area contributed by atoms with E-state index in [-0.39, 0.29) is 0 Å². The van der Waals surface area contributed by atoms with Gasteiger partial charge >= 0.3 is 0 Å². The van der Waals surface area contributed by atoms with Crippen LogP contribution in [0.2, 0.25) is 0 Å². The molecule has 6 heteroatoms. The molecule has 0 bridgehead atoms. The Morgan fingerprint density at radius 3 is 1.28 bits per heavy atom. The smallest absolute Gasteiger partial charge is 0.106 e. The monoisotopic (exact) mass is 498 g/mol. The van der Waals surface area contributed by atoms with Crippen molar-refractivity contribution in [3.8, 4) is 0 Å². The van der Waals surface area contributed by atoms with Crippen LogP contribution in [0.4, 0.5) is 0 Å². The number of pyridine rings is 2. The number of hydrogen-bond acceptors (Lipinski definition) is 2. The van der Waals surface area contributed by atoms with Crippen LogP contribution in [-0.2, 0) is 0 Å². The summed E-state index contributed by atoms with van der Waals surface area (Å²) < 4.78 is 3.85. The lowest BCUT2D eigenvalue weighted by molar-refractivity contribution is 1.22. The fourth-order valence-corrected chi connectivity index (χ4v) is 2.34. The first-order valence-corrected chi connectivity index (χ1v) is 8.12. The Labute approximate surface area is 140 Å². The molecule has 0 saturated carbocycles. The van der Waals surface area contributed by atoms with Gasteiger partial charge in [-0.1, -0.05) is 0 Å². The molecular weight excluding hydrogens is 492 g/mol. The Hall–Kier alpha value is 0.220. The molecule has 0 aliphatic rings. The van der Waals surface area contributed by atoms with E-state index in [2.05, 4.69) is 73.7 Å². The van der Waals surface area contributed by atoms with Gasteiger partial charge in [0.25, 0.3) is 0 Å². The van der Waals surface area contributed by atoms with Gasteiger partial charge in [0.05, 0.1) is 0 Å². The van der Waals surface area contributed by atoms with Crippen molar-refractivity contribution in [3.05, 3.63) is 53.8 Å². The van der Waals surface area contributed by atoms with E-state index < -0.39 is 0 Å². The van der Waals surface area contributed by atoms with Crippen molar-refractivity contribution < 1.29 is 0 Å². The van der Waals surface area contributed by atoms with Gasteiger partial charge < -0.3 is 0 Å². The van der Waals surface area contributed by atoms with Gasteiger partial charge in [0.15, 0.2) is 0 Å². The van der Waals surface area contributed by atoms with E-state index in [0.29, 0.717) is 0 Å². The second-order valence-corrected chi connectivity index (χ2v) is 6.85. The minimum absolute atomic E-state index is 0.878. The summed E-state index contributed by atoms with van der Waals surface area (Å²) in [7, 11) is 0. The molecule has 0 N–H and O–H groups in total. The normalized spacial score (nSPS) is 9.67. The van der Waals surface area contributed by atoms with Gasteiger partial charge in [0, 0.05) is 21.3 Å². The van der Waals surface area contributed by atoms with Crippen LogP contribution in [0.25, 0.3) is 0 Å². The van der Waals surface area contributed by atoms with E-state index in [4.69, 9.17) is 0 Å². The molecule has 2 heterocycles. The molecule has 2 aromatic heterocycles. The van der Waals surface area contributed by atoms with Gasteiger partial charge in [-0.15, -0.1) is 0 Å². The van der Waals surface area contributed by atoms with Gasteiger partial charge in [-0.3, -0.25) is 0 Å². The van der Waals surface area contributed by atoms with Gasteiger partial charge in [-0.25, -0.2) is 9.97 Å². The summed E-state index contributed by atoms with van der Waals surface area (Å²) in [4.78, 5) is 8.02. The fraction of sp³-hybridized carbons (Fsp3) is 0.167. The van der Waals surface area contributed by atoms with Crippen LogP contribution < -0.4 is 0 Å². The maximum atomic E-state index is 4.01. The van der Waals surface area contributed by atoms with Gasteiger partial charge in [-0.2, -0.15) is 0 Å². The summed E-state index contributed by atoms with van der Waals surface area (Å²) in [5.74, 6) is 0. The zero-order chi connectivity index (χ0) is 13.7. The molecule has 0 fully saturated rings. The topological polar surface area (TPSA) is 25.8 Å². The molecule has 0 aliphatic heterocycles. The minimum Gasteiger partial charge on any atom is -0.248 e. The lowest BCUT2D eigenvalue weighted by Gasteiger charge is -1.94. The van der Waals surface area contributed by atoms with Gasteiger partial charge in [-0.05, 0) is 101 Å². The molecule has 2 rings (SSSR count). The molecule has 2 aromatic rings. The molecule has 0 unspecified atom stereocenters. The first-order chi connectivity index (χ1) is 8.40. The molecule has 0 aliphatic carbocycles. The van der Waals surface area contributed by atoms with E-state index in [1.165, 1.54) is 11.1 Å². The molecule has 0 amide bonds. The Kier molecular flexibility index (Phi) is 6.98. The minimum atomic E-state index is 0.878. The second kappa shape index (κ2) is 7.72. The molecule has 2 nitrogen and oxygen atoms in total. The highest BCUT2D eigenvalue weighted by molar-refractivity contribution is 9.11. The van der Waals surface area contributed by atoms with Crippen molar-refractivity contribution in [1.82, 2.24) is 9.97 Å². The number of rotatable bonds is 0. The number of hydrogen-bond donors (Lipinski definition) is 0. The maximum absolute atomic E-state index is 4.01. The largest absolute Gasteiger partial charge is 0.248 e. The highest BCUT2D eigenvalue weighted by Crippen LogP contribution is 2.17. The summed E-state index contributed by atoms with van der Waals surface area (Å²) in [5, 5.41) is 0. The van der Waals surface area contributed by atoms with Crippen LogP contribution in [0.3, 0.4) is 0 Å². The molecule has 18 heavy (non-hydrogen) atoms. The third-order valence-electron chi connectivity index (χ3n) is 2.03. The highest BCUT2D eigenvalue weighted by Gasteiger charge is 1.94. The summed E-state index contributed by atoms with van der Waals surface area (Å²) in [6.07, 6.45) is 3.55. The van der Waals surface area contributed by atoms with Crippen molar-refractivity contribution in [3.63, 3.8) is 0 Å². The van der Waals surface area contributed by atoms with Crippen molar-refractivity contribution in [2.75, 3.05) is 0 Å². The molecule has 96 valence electrons. The Bertz CT molecular complexity index is 494. The lowest BCUT2D eigenvalue weighted by Crippen LogP contribution is -1.78. The number of aryl methyl sites for hydroxylation is 2. The first-order valence-electron chi connectivity index (χ1n) is 4.95. The van der Waals surface area contributed by atoms with E-state index >= 15 is 0 Å². The third kappa shape index (κ3) is 5.47. The fourth-order valence-electron chi connectivity index (χ4n) is 1.01. The van der Waals surface area contributed by atoms with Crippen molar-refractivity contribution in [1.29, 1.82) is 0 Å². The molecule has 0 aromatic carbocycles. The quantitative estimate of drug-likeness (QED) is 0.425. The van der Waals surface area contributed by atoms with Crippen LogP contribution in [0.1, 0.15) is 11.1 Å². The SMILES string of the molecule is Cc1cc(Br)ncc1Br.Cc1cc(Br)ncc1Br. The van der Waals surface area contributed by atoms with Gasteiger partial charge in [0.1, 0.15) is 9.21 Å². The second-order valence-electron chi connectivity index (χ2n) is 3.51. The Morgan fingerprint density at radius 1 is 0.722 bits per heavy atom. The zero-order valence-electron chi connectivity index (χ0n) is 9.72. The predicted octanol–water partition coefficient (Wildman–Crippen LogP) is 5.83. The highest BCUT2D eigenvalue weighted by atomic mass is 79.9. The first kappa shape index (κ1) is 16.3. The van der Waals surface area contributed by atoms with Crippen molar-refractivity contribution >= 4 is 63.7 Å². The van der Waals surface area contributed by atoms with Crippen molar-refractivity contribution in [2.45, 2.75) is 13.8 Å². The van der Waals surface area contributed by atoms with E-state index in [1.807, 2.05) is 26.0 Å². The zero-order valence-corrected chi connectivity index (χ0v) is 16.1. The molecule has 0 spiro atoms. The van der Waals surface area contributed by atoms with Crippen LogP contribution in [-0.4, -0.2) is 9.97 Å². The molecule has 0 atom stereocenters. The Balaban J connectivity index is 0.000000180. The summed E-state index contributed by atoms with van der Waals surface area (Å²) in [6, 6.07) is 3.92. The summed E-state index contributed by atoms with van der Waals surface area (Å²) >= 11 is 13.2. The standard InChI is InChI=1S/2C6H5Br2N/c2*1-4-2-6(8)9-3-5(4)7/h2*2-3H,1H3. The average molecular weight is 502 g/mol. The molecule has 0 radical (unpaired) electrons.